The van der Waals surface area contributed by atoms with Crippen molar-refractivity contribution in [1.82, 2.24) is 4.90 Å². The molecule has 0 atom stereocenters. The van der Waals surface area contributed by atoms with E-state index >= 15 is 0 Å². The fourth-order valence-corrected chi connectivity index (χ4v) is 2.24. The minimum atomic E-state index is -0.904. The maximum atomic E-state index is 12.2. The summed E-state index contributed by atoms with van der Waals surface area (Å²) in [5, 5.41) is 8.90. The Morgan fingerprint density at radius 1 is 1.08 bits per heavy atom. The molecule has 1 rings (SSSR count). The molecule has 0 aliphatic heterocycles. The molecule has 0 radical (unpaired) electrons. The van der Waals surface area contributed by atoms with Gasteiger partial charge in [-0.2, -0.15) is 0 Å². The van der Waals surface area contributed by atoms with Crippen LogP contribution in [0.4, 0.5) is 0 Å². The quantitative estimate of drug-likeness (QED) is 0.672. The number of nitrogens with zero attached hydrogens (tertiary/aromatic N) is 1. The molecule has 1 aromatic carbocycles. The summed E-state index contributed by atoms with van der Waals surface area (Å²) in [6.45, 7) is 7.72. The second-order valence-corrected chi connectivity index (χ2v) is 5.46. The van der Waals surface area contributed by atoms with Crippen molar-refractivity contribution in [2.45, 2.75) is 40.0 Å². The fraction of sp³-hybridized carbons (Fsp3) is 0.556. The lowest BCUT2D eigenvalue weighted by molar-refractivity contribution is -0.136. The van der Waals surface area contributed by atoms with Crippen LogP contribution in [-0.2, 0) is 16.0 Å². The number of aliphatic carboxylic acids is 1. The average molecular weight is 337 g/mol. The molecule has 0 aliphatic rings. The van der Waals surface area contributed by atoms with Gasteiger partial charge in [0.1, 0.15) is 0 Å². The van der Waals surface area contributed by atoms with Crippen molar-refractivity contribution in [3.05, 3.63) is 23.8 Å². The number of hydrogen-bond acceptors (Lipinski definition) is 4. The van der Waals surface area contributed by atoms with Crippen molar-refractivity contribution >= 4 is 11.9 Å². The van der Waals surface area contributed by atoms with Crippen molar-refractivity contribution in [1.29, 1.82) is 0 Å². The van der Waals surface area contributed by atoms with E-state index in [2.05, 4.69) is 0 Å². The Morgan fingerprint density at radius 2 is 1.83 bits per heavy atom. The summed E-state index contributed by atoms with van der Waals surface area (Å²) < 4.78 is 11.3. The Balaban J connectivity index is 2.81. The standard InChI is InChI=1S/C18H27NO5/c1-4-9-19(6-3)17(20)13-24-15-8-7-14(12-18(21)22)11-16(15)23-10-5-2/h7-8,11H,4-6,9-10,12-13H2,1-3H3,(H,21,22). The third-order valence-electron chi connectivity index (χ3n) is 3.40. The number of amides is 1. The molecule has 0 heterocycles. The zero-order valence-corrected chi connectivity index (χ0v) is 14.7. The molecular weight excluding hydrogens is 310 g/mol. The third-order valence-corrected chi connectivity index (χ3v) is 3.40. The van der Waals surface area contributed by atoms with Gasteiger partial charge in [0.05, 0.1) is 13.0 Å². The van der Waals surface area contributed by atoms with Crippen molar-refractivity contribution in [2.75, 3.05) is 26.3 Å². The lowest BCUT2D eigenvalue weighted by Crippen LogP contribution is -2.35. The number of hydrogen-bond donors (Lipinski definition) is 1. The lowest BCUT2D eigenvalue weighted by Gasteiger charge is -2.20. The molecule has 0 unspecified atom stereocenters. The monoisotopic (exact) mass is 337 g/mol. The molecule has 24 heavy (non-hydrogen) atoms. The second kappa shape index (κ2) is 10.5. The predicted molar refractivity (Wildman–Crippen MR) is 91.6 cm³/mol. The molecular formula is C18H27NO5. The van der Waals surface area contributed by atoms with Crippen molar-refractivity contribution in [2.24, 2.45) is 0 Å². The Hall–Kier alpha value is -2.24. The summed E-state index contributed by atoms with van der Waals surface area (Å²) >= 11 is 0. The van der Waals surface area contributed by atoms with Gasteiger partial charge in [0.2, 0.25) is 0 Å². The Labute approximate surface area is 143 Å². The van der Waals surface area contributed by atoms with E-state index < -0.39 is 5.97 Å². The highest BCUT2D eigenvalue weighted by Gasteiger charge is 2.14. The summed E-state index contributed by atoms with van der Waals surface area (Å²) in [7, 11) is 0. The van der Waals surface area contributed by atoms with Gasteiger partial charge in [0.25, 0.3) is 5.91 Å². The highest BCUT2D eigenvalue weighted by atomic mass is 16.5. The van der Waals surface area contributed by atoms with Crippen LogP contribution in [-0.4, -0.2) is 48.2 Å². The summed E-state index contributed by atoms with van der Waals surface area (Å²) in [6, 6.07) is 5.00. The minimum Gasteiger partial charge on any atom is -0.490 e. The van der Waals surface area contributed by atoms with Gasteiger partial charge < -0.3 is 19.5 Å². The highest BCUT2D eigenvalue weighted by molar-refractivity contribution is 5.77. The van der Waals surface area contributed by atoms with Crippen LogP contribution in [0.2, 0.25) is 0 Å². The zero-order valence-electron chi connectivity index (χ0n) is 14.7. The molecule has 1 amide bonds. The summed E-state index contributed by atoms with van der Waals surface area (Å²) in [5.74, 6) is -0.0470. The van der Waals surface area contributed by atoms with Gasteiger partial charge >= 0.3 is 5.97 Å². The van der Waals surface area contributed by atoms with Gasteiger partial charge in [-0.3, -0.25) is 9.59 Å². The summed E-state index contributed by atoms with van der Waals surface area (Å²) in [6.07, 6.45) is 1.64. The van der Waals surface area contributed by atoms with Gasteiger partial charge in [-0.1, -0.05) is 19.9 Å². The van der Waals surface area contributed by atoms with E-state index in [1.54, 1.807) is 23.1 Å². The van der Waals surface area contributed by atoms with Crippen LogP contribution in [0.1, 0.15) is 39.2 Å². The fourth-order valence-electron chi connectivity index (χ4n) is 2.24. The molecule has 0 fully saturated rings. The highest BCUT2D eigenvalue weighted by Crippen LogP contribution is 2.29. The first-order chi connectivity index (χ1) is 11.5. The molecule has 1 N–H and O–H groups in total. The maximum absolute atomic E-state index is 12.2. The normalized spacial score (nSPS) is 10.3. The first-order valence-corrected chi connectivity index (χ1v) is 8.39. The minimum absolute atomic E-state index is 0.0609. The molecule has 1 aromatic rings. The van der Waals surface area contributed by atoms with Crippen LogP contribution >= 0.6 is 0 Å². The van der Waals surface area contributed by atoms with Crippen LogP contribution in [0.3, 0.4) is 0 Å². The molecule has 0 saturated carbocycles. The summed E-state index contributed by atoms with van der Waals surface area (Å²) in [4.78, 5) is 24.7. The summed E-state index contributed by atoms with van der Waals surface area (Å²) in [5.41, 5.74) is 0.633. The topological polar surface area (TPSA) is 76.1 Å². The van der Waals surface area contributed by atoms with Gasteiger partial charge in [-0.25, -0.2) is 0 Å². The van der Waals surface area contributed by atoms with Crippen molar-refractivity contribution < 1.29 is 24.2 Å². The number of carboxylic acid groups (broad SMARTS) is 1. The maximum Gasteiger partial charge on any atom is 0.307 e. The molecule has 6 heteroatoms. The second-order valence-electron chi connectivity index (χ2n) is 5.46. The van der Waals surface area contributed by atoms with Crippen LogP contribution in [0, 0.1) is 0 Å². The number of ether oxygens (including phenoxy) is 2. The van der Waals surface area contributed by atoms with E-state index in [-0.39, 0.29) is 18.9 Å². The Kier molecular flexibility index (Phi) is 8.68. The van der Waals surface area contributed by atoms with Gasteiger partial charge in [0, 0.05) is 13.1 Å². The molecule has 134 valence electrons. The van der Waals surface area contributed by atoms with Crippen molar-refractivity contribution in [3.63, 3.8) is 0 Å². The number of rotatable bonds is 11. The predicted octanol–water partition coefficient (Wildman–Crippen LogP) is 2.74. The first-order valence-electron chi connectivity index (χ1n) is 8.39. The molecule has 6 nitrogen and oxygen atoms in total. The smallest absolute Gasteiger partial charge is 0.307 e. The van der Waals surface area contributed by atoms with E-state index in [1.807, 2.05) is 20.8 Å². The number of likely N-dealkylation sites (N-methyl/N-ethyl adjacent to an activating group) is 1. The van der Waals surface area contributed by atoms with E-state index in [0.717, 1.165) is 12.8 Å². The molecule has 0 aliphatic carbocycles. The largest absolute Gasteiger partial charge is 0.490 e. The van der Waals surface area contributed by atoms with Crippen molar-refractivity contribution in [3.8, 4) is 11.5 Å². The van der Waals surface area contributed by atoms with Crippen LogP contribution < -0.4 is 9.47 Å². The van der Waals surface area contributed by atoms with E-state index in [0.29, 0.717) is 36.8 Å². The molecule has 0 saturated heterocycles. The zero-order chi connectivity index (χ0) is 17.9. The van der Waals surface area contributed by atoms with E-state index in [4.69, 9.17) is 14.6 Å². The van der Waals surface area contributed by atoms with Gasteiger partial charge in [-0.15, -0.1) is 0 Å². The SMILES string of the molecule is CCCOc1cc(CC(=O)O)ccc1OCC(=O)N(CC)CCC. The number of carbonyl (C=O) groups is 2. The van der Waals surface area contributed by atoms with Crippen LogP contribution in [0.25, 0.3) is 0 Å². The third kappa shape index (κ3) is 6.48. The van der Waals surface area contributed by atoms with Gasteiger partial charge in [-0.05, 0) is 37.5 Å². The number of carbonyl (C=O) groups excluding carboxylic acids is 1. The van der Waals surface area contributed by atoms with Crippen LogP contribution in [0.5, 0.6) is 11.5 Å². The Bertz CT molecular complexity index is 544. The van der Waals surface area contributed by atoms with E-state index in [9.17, 15) is 9.59 Å². The lowest BCUT2D eigenvalue weighted by atomic mass is 10.1. The molecule has 0 spiro atoms. The molecule has 0 aromatic heterocycles. The van der Waals surface area contributed by atoms with Gasteiger partial charge in [0.15, 0.2) is 18.1 Å². The molecule has 0 bridgehead atoms. The van der Waals surface area contributed by atoms with E-state index in [1.165, 1.54) is 0 Å². The number of benzene rings is 1. The number of carboxylic acids is 1. The van der Waals surface area contributed by atoms with Crippen LogP contribution in [0.15, 0.2) is 18.2 Å². The average Bonchev–Trinajstić information content (AvgIpc) is 2.56. The first kappa shape index (κ1) is 19.8. The Morgan fingerprint density at radius 3 is 2.42 bits per heavy atom.